The summed E-state index contributed by atoms with van der Waals surface area (Å²) in [5, 5.41) is 0. The molecule has 0 spiro atoms. The second-order valence-electron chi connectivity index (χ2n) is 7.87. The molecule has 0 unspecified atom stereocenters. The largest absolute Gasteiger partial charge is 0.281 e. The summed E-state index contributed by atoms with van der Waals surface area (Å²) >= 11 is 0. The normalized spacial score (nSPS) is 11.9. The molecule has 1 N–H and O–H groups in total. The molecule has 7 nitrogen and oxygen atoms in total. The van der Waals surface area contributed by atoms with Crippen LogP contribution in [-0.2, 0) is 22.9 Å². The first-order valence-corrected chi connectivity index (χ1v) is 12.1. The van der Waals surface area contributed by atoms with E-state index < -0.39 is 10.0 Å². The maximum atomic E-state index is 12.5. The van der Waals surface area contributed by atoms with Crippen LogP contribution in [0.25, 0.3) is 16.9 Å². The number of benzene rings is 2. The molecule has 0 bridgehead atoms. The quantitative estimate of drug-likeness (QED) is 0.463. The van der Waals surface area contributed by atoms with Gasteiger partial charge in [-0.2, -0.15) is 0 Å². The number of sulfonamides is 1. The Morgan fingerprint density at radius 3 is 2.25 bits per heavy atom. The maximum Gasteiger partial charge on any atom is 0.240 e. The third-order valence-corrected chi connectivity index (χ3v) is 6.89. The smallest absolute Gasteiger partial charge is 0.240 e. The Balaban J connectivity index is 1.51. The van der Waals surface area contributed by atoms with Crippen LogP contribution in [0.5, 0.6) is 0 Å². The van der Waals surface area contributed by atoms with Gasteiger partial charge in [-0.1, -0.05) is 36.8 Å². The summed E-state index contributed by atoms with van der Waals surface area (Å²) < 4.78 is 29.7. The van der Waals surface area contributed by atoms with Crippen molar-refractivity contribution in [2.75, 3.05) is 6.54 Å². The maximum absolute atomic E-state index is 12.5. The van der Waals surface area contributed by atoms with Gasteiger partial charge < -0.3 is 0 Å². The van der Waals surface area contributed by atoms with E-state index in [1.807, 2.05) is 45.0 Å². The Hall–Kier alpha value is -3.10. The lowest BCUT2D eigenvalue weighted by Gasteiger charge is -2.10. The average molecular weight is 450 g/mol. The minimum atomic E-state index is -3.51. The van der Waals surface area contributed by atoms with Crippen molar-refractivity contribution in [3.63, 3.8) is 0 Å². The predicted octanol–water partition coefficient (Wildman–Crippen LogP) is 3.82. The molecule has 4 rings (SSSR count). The second-order valence-corrected chi connectivity index (χ2v) is 9.64. The van der Waals surface area contributed by atoms with E-state index in [4.69, 9.17) is 4.98 Å². The summed E-state index contributed by atoms with van der Waals surface area (Å²) in [7, 11) is -3.51. The van der Waals surface area contributed by atoms with Crippen LogP contribution in [0, 0.1) is 20.8 Å². The van der Waals surface area contributed by atoms with Crippen LogP contribution >= 0.6 is 0 Å². The lowest BCUT2D eigenvalue weighted by Crippen LogP contribution is -2.26. The molecular formula is C24H27N5O2S. The zero-order valence-corrected chi connectivity index (χ0v) is 19.6. The Labute approximate surface area is 188 Å². The second kappa shape index (κ2) is 8.80. The summed E-state index contributed by atoms with van der Waals surface area (Å²) in [6.07, 6.45) is 1.37. The molecule has 0 atom stereocenters. The molecular weight excluding hydrogens is 422 g/mol. The van der Waals surface area contributed by atoms with Gasteiger partial charge in [0.25, 0.3) is 0 Å². The minimum Gasteiger partial charge on any atom is -0.281 e. The van der Waals surface area contributed by atoms with Crippen LogP contribution in [0.3, 0.4) is 0 Å². The van der Waals surface area contributed by atoms with Crippen LogP contribution in [-0.4, -0.2) is 34.5 Å². The van der Waals surface area contributed by atoms with Crippen molar-refractivity contribution in [1.29, 1.82) is 0 Å². The lowest BCUT2D eigenvalue weighted by atomic mass is 10.1. The number of imidazole rings is 1. The molecule has 0 radical (unpaired) electrons. The molecule has 0 aliphatic rings. The van der Waals surface area contributed by atoms with Gasteiger partial charge in [-0.25, -0.2) is 28.1 Å². The zero-order chi connectivity index (χ0) is 22.9. The van der Waals surface area contributed by atoms with Gasteiger partial charge >= 0.3 is 0 Å². The van der Waals surface area contributed by atoms with Crippen LogP contribution in [0.15, 0.2) is 53.4 Å². The molecule has 2 heterocycles. The highest BCUT2D eigenvalue weighted by atomic mass is 32.2. The van der Waals surface area contributed by atoms with E-state index in [-0.39, 0.29) is 4.90 Å². The van der Waals surface area contributed by atoms with E-state index in [0.29, 0.717) is 13.0 Å². The van der Waals surface area contributed by atoms with Crippen molar-refractivity contribution in [2.45, 2.75) is 45.4 Å². The van der Waals surface area contributed by atoms with Gasteiger partial charge in [-0.15, -0.1) is 0 Å². The van der Waals surface area contributed by atoms with Gasteiger partial charge in [0.2, 0.25) is 10.0 Å². The van der Waals surface area contributed by atoms with Crippen LogP contribution in [0.2, 0.25) is 0 Å². The van der Waals surface area contributed by atoms with E-state index in [2.05, 4.69) is 26.2 Å². The molecule has 0 fully saturated rings. The van der Waals surface area contributed by atoms with Gasteiger partial charge in [0.1, 0.15) is 17.2 Å². The highest BCUT2D eigenvalue weighted by molar-refractivity contribution is 7.89. The lowest BCUT2D eigenvalue weighted by molar-refractivity contribution is 0.581. The van der Waals surface area contributed by atoms with E-state index in [1.165, 1.54) is 0 Å². The van der Waals surface area contributed by atoms with Gasteiger partial charge in [0.05, 0.1) is 10.6 Å². The first-order valence-electron chi connectivity index (χ1n) is 10.7. The third kappa shape index (κ3) is 4.42. The number of fused-ring (bicyclic) bond motifs is 1. The van der Waals surface area contributed by atoms with Crippen LogP contribution < -0.4 is 4.72 Å². The SMILES string of the molecule is CCc1nc2c(C)nc(C)nc2n1-c1ccc(CCNS(=O)(=O)c2ccc(C)cc2)cc1. The summed E-state index contributed by atoms with van der Waals surface area (Å²) in [5.41, 5.74) is 5.55. The topological polar surface area (TPSA) is 89.8 Å². The minimum absolute atomic E-state index is 0.283. The standard InChI is InChI=1S/C24H27N5O2S/c1-5-22-28-23-17(3)26-18(4)27-24(23)29(22)20-10-8-19(9-11-20)14-15-25-32(30,31)21-12-6-16(2)7-13-21/h6-13,25H,5,14-15H2,1-4H3. The van der Waals surface area contributed by atoms with Crippen LogP contribution in [0.1, 0.15) is 35.4 Å². The first-order chi connectivity index (χ1) is 15.3. The molecule has 32 heavy (non-hydrogen) atoms. The molecule has 0 saturated carbocycles. The Morgan fingerprint density at radius 1 is 0.906 bits per heavy atom. The van der Waals surface area contributed by atoms with Crippen molar-refractivity contribution in [3.8, 4) is 5.69 Å². The first kappa shape index (κ1) is 22.1. The number of nitrogens with one attached hydrogen (secondary N) is 1. The van der Waals surface area contributed by atoms with E-state index in [1.54, 1.807) is 24.3 Å². The van der Waals surface area contributed by atoms with Gasteiger partial charge in [-0.3, -0.25) is 4.57 Å². The van der Waals surface area contributed by atoms with Crippen LogP contribution in [0.4, 0.5) is 0 Å². The van der Waals surface area contributed by atoms with Gasteiger partial charge in [0, 0.05) is 18.7 Å². The fourth-order valence-electron chi connectivity index (χ4n) is 3.73. The summed E-state index contributed by atoms with van der Waals surface area (Å²) in [4.78, 5) is 14.1. The summed E-state index contributed by atoms with van der Waals surface area (Å²) in [5.74, 6) is 1.65. The number of nitrogens with zero attached hydrogens (tertiary/aromatic N) is 4. The number of hydrogen-bond donors (Lipinski definition) is 1. The number of aryl methyl sites for hydroxylation is 4. The van der Waals surface area contributed by atoms with Crippen molar-refractivity contribution in [2.24, 2.45) is 0 Å². The van der Waals surface area contributed by atoms with Gasteiger partial charge in [0.15, 0.2) is 5.65 Å². The van der Waals surface area contributed by atoms with E-state index in [0.717, 1.165) is 51.7 Å². The molecule has 0 saturated heterocycles. The Bertz CT molecular complexity index is 1360. The zero-order valence-electron chi connectivity index (χ0n) is 18.8. The average Bonchev–Trinajstić information content (AvgIpc) is 3.13. The molecule has 0 aliphatic carbocycles. The van der Waals surface area contributed by atoms with E-state index in [9.17, 15) is 8.42 Å². The molecule has 166 valence electrons. The molecule has 8 heteroatoms. The Morgan fingerprint density at radius 2 is 1.59 bits per heavy atom. The fraction of sp³-hybridized carbons (Fsp3) is 0.292. The fourth-order valence-corrected chi connectivity index (χ4v) is 4.76. The molecule has 2 aromatic heterocycles. The molecule has 0 amide bonds. The summed E-state index contributed by atoms with van der Waals surface area (Å²) in [6.45, 7) is 8.17. The number of rotatable bonds is 7. The summed E-state index contributed by atoms with van der Waals surface area (Å²) in [6, 6.07) is 14.9. The predicted molar refractivity (Wildman–Crippen MR) is 126 cm³/mol. The number of hydrogen-bond acceptors (Lipinski definition) is 5. The molecule has 0 aliphatic heterocycles. The van der Waals surface area contributed by atoms with Crippen molar-refractivity contribution in [1.82, 2.24) is 24.2 Å². The highest BCUT2D eigenvalue weighted by Gasteiger charge is 2.16. The highest BCUT2D eigenvalue weighted by Crippen LogP contribution is 2.23. The molecule has 4 aromatic rings. The monoisotopic (exact) mass is 449 g/mol. The van der Waals surface area contributed by atoms with Gasteiger partial charge in [-0.05, 0) is 57.0 Å². The Kier molecular flexibility index (Phi) is 6.08. The van der Waals surface area contributed by atoms with Crippen molar-refractivity contribution < 1.29 is 8.42 Å². The molecule has 2 aromatic carbocycles. The van der Waals surface area contributed by atoms with Crippen molar-refractivity contribution in [3.05, 3.63) is 77.0 Å². The number of aromatic nitrogens is 4. The van der Waals surface area contributed by atoms with E-state index >= 15 is 0 Å². The third-order valence-electron chi connectivity index (χ3n) is 5.41. The van der Waals surface area contributed by atoms with Crippen molar-refractivity contribution >= 4 is 21.2 Å².